The molecule has 2 heterocycles. The third kappa shape index (κ3) is 6.54. The maximum Gasteiger partial charge on any atom is 0.342 e. The maximum atomic E-state index is 14.0. The first-order valence-corrected chi connectivity index (χ1v) is 15.1. The highest BCUT2D eigenvalue weighted by atomic mass is 32.1. The van der Waals surface area contributed by atoms with E-state index in [2.05, 4.69) is 5.32 Å². The van der Waals surface area contributed by atoms with Gasteiger partial charge in [-0.3, -0.25) is 4.79 Å². The van der Waals surface area contributed by atoms with Crippen LogP contribution in [-0.4, -0.2) is 36.2 Å². The number of fused-ring (bicyclic) bond motifs is 1. The lowest BCUT2D eigenvalue weighted by molar-refractivity contribution is 0.0380. The van der Waals surface area contributed by atoms with Crippen molar-refractivity contribution in [2.45, 2.75) is 40.7 Å². The van der Waals surface area contributed by atoms with Gasteiger partial charge in [0.05, 0.1) is 36.1 Å². The van der Waals surface area contributed by atoms with Crippen LogP contribution in [0, 0.1) is 6.92 Å². The molecule has 0 saturated heterocycles. The van der Waals surface area contributed by atoms with Crippen molar-refractivity contribution >= 4 is 39.1 Å². The molecule has 220 valence electrons. The zero-order valence-electron chi connectivity index (χ0n) is 24.9. The van der Waals surface area contributed by atoms with Gasteiger partial charge in [-0.05, 0) is 76.6 Å². The molecule has 0 aliphatic rings. The first kappa shape index (κ1) is 29.8. The van der Waals surface area contributed by atoms with Crippen LogP contribution in [0.2, 0.25) is 0 Å². The minimum absolute atomic E-state index is 0.330. The third-order valence-electron chi connectivity index (χ3n) is 6.71. The van der Waals surface area contributed by atoms with Gasteiger partial charge in [-0.15, -0.1) is 11.3 Å². The predicted molar refractivity (Wildman–Crippen MR) is 173 cm³/mol. The van der Waals surface area contributed by atoms with Gasteiger partial charge in [-0.2, -0.15) is 0 Å². The van der Waals surface area contributed by atoms with Crippen LogP contribution >= 0.6 is 11.3 Å². The van der Waals surface area contributed by atoms with Crippen molar-refractivity contribution in [3.05, 3.63) is 94.9 Å². The summed E-state index contributed by atoms with van der Waals surface area (Å²) >= 11 is 1.35. The van der Waals surface area contributed by atoms with E-state index < -0.39 is 5.97 Å². The van der Waals surface area contributed by atoms with E-state index in [0.29, 0.717) is 45.9 Å². The van der Waals surface area contributed by atoms with Crippen LogP contribution in [0.5, 0.6) is 11.5 Å². The van der Waals surface area contributed by atoms with Gasteiger partial charge in [0, 0.05) is 21.4 Å². The van der Waals surface area contributed by atoms with Gasteiger partial charge in [0.15, 0.2) is 0 Å². The summed E-state index contributed by atoms with van der Waals surface area (Å²) in [5, 5.41) is 4.18. The van der Waals surface area contributed by atoms with Crippen LogP contribution in [-0.2, 0) is 4.74 Å². The quantitative estimate of drug-likeness (QED) is 0.163. The lowest BCUT2D eigenvalue weighted by Crippen LogP contribution is -2.17. The molecule has 2 aromatic heterocycles. The zero-order valence-corrected chi connectivity index (χ0v) is 25.7. The van der Waals surface area contributed by atoms with E-state index in [4.69, 9.17) is 19.2 Å². The maximum absolute atomic E-state index is 14.0. The summed E-state index contributed by atoms with van der Waals surface area (Å²) < 4.78 is 16.9. The number of hydrogen-bond acceptors (Lipinski definition) is 7. The lowest BCUT2D eigenvalue weighted by Gasteiger charge is -2.14. The Labute approximate surface area is 255 Å². The van der Waals surface area contributed by atoms with Crippen LogP contribution < -0.4 is 14.8 Å². The fourth-order valence-corrected chi connectivity index (χ4v) is 5.99. The molecule has 8 heteroatoms. The molecule has 43 heavy (non-hydrogen) atoms. The molecule has 1 N–H and O–H groups in total. The van der Waals surface area contributed by atoms with Crippen molar-refractivity contribution in [1.29, 1.82) is 0 Å². The molecule has 5 rings (SSSR count). The number of hydrogen-bond donors (Lipinski definition) is 1. The van der Waals surface area contributed by atoms with Crippen molar-refractivity contribution in [2.75, 3.05) is 18.5 Å². The predicted octanol–water partition coefficient (Wildman–Crippen LogP) is 8.55. The van der Waals surface area contributed by atoms with E-state index in [1.54, 1.807) is 19.9 Å². The molecule has 1 amide bonds. The topological polar surface area (TPSA) is 86.8 Å². The molecular weight excluding hydrogens is 560 g/mol. The number of carbonyl (C=O) groups is 2. The van der Waals surface area contributed by atoms with Gasteiger partial charge in [-0.25, -0.2) is 9.78 Å². The Morgan fingerprint density at radius 3 is 2.30 bits per heavy atom. The summed E-state index contributed by atoms with van der Waals surface area (Å²) in [6.45, 7) is 10.5. The molecule has 0 aliphatic carbocycles. The molecular formula is C35H34N2O5S. The molecule has 0 unspecified atom stereocenters. The highest BCUT2D eigenvalue weighted by Crippen LogP contribution is 2.41. The number of benzene rings is 3. The molecule has 5 aromatic rings. The molecule has 0 saturated carbocycles. The molecule has 7 nitrogen and oxygen atoms in total. The summed E-state index contributed by atoms with van der Waals surface area (Å²) in [4.78, 5) is 33.2. The van der Waals surface area contributed by atoms with Gasteiger partial charge in [0.1, 0.15) is 22.1 Å². The van der Waals surface area contributed by atoms with Crippen LogP contribution in [0.4, 0.5) is 5.00 Å². The molecule has 0 spiro atoms. The van der Waals surface area contributed by atoms with Crippen LogP contribution in [0.1, 0.15) is 53.3 Å². The van der Waals surface area contributed by atoms with Crippen LogP contribution in [0.25, 0.3) is 33.3 Å². The van der Waals surface area contributed by atoms with Gasteiger partial charge >= 0.3 is 5.97 Å². The number of anilines is 1. The standard InChI is InChI=1S/C35H34N2O5S/c1-6-40-25-17-15-23(16-18-25)31-22(5)43-34(32(31)35(39)42-21(3)4)37-33(38)28-20-30(36-29-14-9-8-13-27(28)29)24-11-10-12-26(19-24)41-7-2/h8-21H,6-7H2,1-5H3,(H,37,38). The minimum atomic E-state index is -0.494. The first-order valence-electron chi connectivity index (χ1n) is 14.3. The van der Waals surface area contributed by atoms with Crippen molar-refractivity contribution in [3.8, 4) is 33.9 Å². The number of para-hydroxylation sites is 1. The SMILES string of the molecule is CCOc1ccc(-c2c(C)sc(NC(=O)c3cc(-c4cccc(OCC)c4)nc4ccccc34)c2C(=O)OC(C)C)cc1. The van der Waals surface area contributed by atoms with E-state index >= 15 is 0 Å². The van der Waals surface area contributed by atoms with Gasteiger partial charge < -0.3 is 19.5 Å². The number of nitrogens with one attached hydrogen (secondary N) is 1. The highest BCUT2D eigenvalue weighted by molar-refractivity contribution is 7.17. The number of ether oxygens (including phenoxy) is 3. The summed E-state index contributed by atoms with van der Waals surface area (Å²) in [7, 11) is 0. The van der Waals surface area contributed by atoms with E-state index in [1.807, 2.05) is 93.6 Å². The number of aromatic nitrogens is 1. The van der Waals surface area contributed by atoms with Crippen molar-refractivity contribution in [3.63, 3.8) is 0 Å². The largest absolute Gasteiger partial charge is 0.494 e. The first-order chi connectivity index (χ1) is 20.8. The third-order valence-corrected chi connectivity index (χ3v) is 7.73. The highest BCUT2D eigenvalue weighted by Gasteiger charge is 2.27. The Kier molecular flexibility index (Phi) is 9.07. The van der Waals surface area contributed by atoms with Gasteiger partial charge in [0.25, 0.3) is 5.91 Å². The second-order valence-electron chi connectivity index (χ2n) is 10.1. The number of rotatable bonds is 10. The average molecular weight is 595 g/mol. The summed E-state index contributed by atoms with van der Waals surface area (Å²) in [6, 6.07) is 24.5. The van der Waals surface area contributed by atoms with Crippen LogP contribution in [0.15, 0.2) is 78.9 Å². The number of amides is 1. The molecule has 3 aromatic carbocycles. The van der Waals surface area contributed by atoms with Crippen molar-refractivity contribution < 1.29 is 23.8 Å². The van der Waals surface area contributed by atoms with Crippen molar-refractivity contribution in [1.82, 2.24) is 4.98 Å². The summed E-state index contributed by atoms with van der Waals surface area (Å²) in [6.07, 6.45) is -0.330. The van der Waals surface area contributed by atoms with E-state index in [-0.39, 0.29) is 12.0 Å². The lowest BCUT2D eigenvalue weighted by atomic mass is 10.0. The average Bonchev–Trinajstić information content (AvgIpc) is 3.32. The Balaban J connectivity index is 1.58. The van der Waals surface area contributed by atoms with E-state index in [9.17, 15) is 9.59 Å². The number of carbonyl (C=O) groups excluding carboxylic acids is 2. The molecule has 0 aliphatic heterocycles. The fraction of sp³-hybridized carbons (Fsp3) is 0.229. The second kappa shape index (κ2) is 13.1. The fourth-order valence-electron chi connectivity index (χ4n) is 4.93. The second-order valence-corrected chi connectivity index (χ2v) is 11.4. The van der Waals surface area contributed by atoms with E-state index in [0.717, 1.165) is 33.1 Å². The van der Waals surface area contributed by atoms with Crippen molar-refractivity contribution in [2.24, 2.45) is 0 Å². The minimum Gasteiger partial charge on any atom is -0.494 e. The zero-order chi connectivity index (χ0) is 30.5. The molecule has 0 bridgehead atoms. The Bertz CT molecular complexity index is 1780. The Hall–Kier alpha value is -4.69. The van der Waals surface area contributed by atoms with Gasteiger partial charge in [-0.1, -0.05) is 42.5 Å². The Morgan fingerprint density at radius 2 is 1.58 bits per heavy atom. The number of aryl methyl sites for hydroxylation is 1. The van der Waals surface area contributed by atoms with Gasteiger partial charge in [0.2, 0.25) is 0 Å². The Morgan fingerprint density at radius 1 is 0.860 bits per heavy atom. The monoisotopic (exact) mass is 594 g/mol. The molecule has 0 atom stereocenters. The molecule has 0 fully saturated rings. The number of nitrogens with zero attached hydrogens (tertiary/aromatic N) is 1. The van der Waals surface area contributed by atoms with E-state index in [1.165, 1.54) is 11.3 Å². The van der Waals surface area contributed by atoms with Crippen LogP contribution in [0.3, 0.4) is 0 Å². The summed E-state index contributed by atoms with van der Waals surface area (Å²) in [5.41, 5.74) is 4.49. The number of thiophene rings is 1. The normalized spacial score (nSPS) is 11.0. The smallest absolute Gasteiger partial charge is 0.342 e. The summed E-state index contributed by atoms with van der Waals surface area (Å²) in [5.74, 6) is 0.627. The number of pyridine rings is 1. The number of esters is 1. The molecule has 0 radical (unpaired) electrons.